The lowest BCUT2D eigenvalue weighted by Crippen LogP contribution is -2.33. The van der Waals surface area contributed by atoms with Gasteiger partial charge in [-0.2, -0.15) is 13.2 Å². The van der Waals surface area contributed by atoms with Gasteiger partial charge < -0.3 is 25.4 Å². The van der Waals surface area contributed by atoms with E-state index in [0.29, 0.717) is 35.5 Å². The number of aromatic nitrogens is 4. The summed E-state index contributed by atoms with van der Waals surface area (Å²) in [5.74, 6) is 0.363. The summed E-state index contributed by atoms with van der Waals surface area (Å²) in [5, 5.41) is 32.5. The fourth-order valence-electron chi connectivity index (χ4n) is 3.51. The molecule has 1 aromatic carbocycles. The second-order valence-corrected chi connectivity index (χ2v) is 7.15. The topological polar surface area (TPSA) is 126 Å². The molecule has 0 bridgehead atoms. The van der Waals surface area contributed by atoms with E-state index in [1.54, 1.807) is 6.07 Å². The first-order chi connectivity index (χ1) is 14.8. The molecule has 31 heavy (non-hydrogen) atoms. The first-order valence-corrected chi connectivity index (χ1v) is 9.49. The second kappa shape index (κ2) is 8.38. The molecule has 0 radical (unpaired) electrons. The summed E-state index contributed by atoms with van der Waals surface area (Å²) in [6.45, 7) is -0.160. The molecule has 0 amide bonds. The van der Waals surface area contributed by atoms with Gasteiger partial charge in [0.1, 0.15) is 24.6 Å². The Balaban J connectivity index is 1.49. The Bertz CT molecular complexity index is 1060. The van der Waals surface area contributed by atoms with Gasteiger partial charge in [-0.1, -0.05) is 18.2 Å². The average molecular weight is 439 g/mol. The van der Waals surface area contributed by atoms with Gasteiger partial charge in [-0.15, -0.1) is 0 Å². The van der Waals surface area contributed by atoms with Crippen LogP contribution in [0, 0.1) is 0 Å². The first-order valence-electron chi connectivity index (χ1n) is 9.49. The van der Waals surface area contributed by atoms with Gasteiger partial charge in [-0.05, 0) is 18.1 Å². The third kappa shape index (κ3) is 4.19. The number of nitrogens with one attached hydrogen (secondary N) is 1. The summed E-state index contributed by atoms with van der Waals surface area (Å²) in [6, 6.07) is 5.11. The maximum Gasteiger partial charge on any atom is 0.416 e. The van der Waals surface area contributed by atoms with E-state index < -0.39 is 42.9 Å². The zero-order chi connectivity index (χ0) is 22.2. The molecule has 1 saturated heterocycles. The molecule has 4 N–H and O–H groups in total. The van der Waals surface area contributed by atoms with E-state index in [0.717, 1.165) is 12.1 Å². The predicted molar refractivity (Wildman–Crippen MR) is 102 cm³/mol. The number of aliphatic hydroxyl groups is 3. The van der Waals surface area contributed by atoms with Crippen LogP contribution in [0.15, 0.2) is 36.9 Å². The summed E-state index contributed by atoms with van der Waals surface area (Å²) in [6.07, 6.45) is -5.92. The number of nitrogens with zero attached hydrogens (tertiary/aromatic N) is 4. The zero-order valence-electron chi connectivity index (χ0n) is 16.1. The Morgan fingerprint density at radius 3 is 2.65 bits per heavy atom. The lowest BCUT2D eigenvalue weighted by Gasteiger charge is -2.16. The fourth-order valence-corrected chi connectivity index (χ4v) is 3.51. The van der Waals surface area contributed by atoms with Crippen LogP contribution >= 0.6 is 0 Å². The van der Waals surface area contributed by atoms with Gasteiger partial charge in [0, 0.05) is 6.54 Å². The van der Waals surface area contributed by atoms with Crippen LogP contribution in [0.2, 0.25) is 0 Å². The number of ether oxygens (including phenoxy) is 1. The van der Waals surface area contributed by atoms with Crippen molar-refractivity contribution in [1.29, 1.82) is 0 Å². The molecule has 1 fully saturated rings. The maximum atomic E-state index is 12.9. The van der Waals surface area contributed by atoms with Gasteiger partial charge >= 0.3 is 6.18 Å². The third-order valence-electron chi connectivity index (χ3n) is 5.11. The smallest absolute Gasteiger partial charge is 0.394 e. The summed E-state index contributed by atoms with van der Waals surface area (Å²) in [7, 11) is 0. The van der Waals surface area contributed by atoms with Gasteiger partial charge in [0.15, 0.2) is 23.2 Å². The fraction of sp³-hybridized carbons (Fsp3) is 0.421. The van der Waals surface area contributed by atoms with E-state index in [4.69, 9.17) is 4.74 Å². The predicted octanol–water partition coefficient (Wildman–Crippen LogP) is 1.11. The molecule has 12 heteroatoms. The number of aliphatic hydroxyl groups excluding tert-OH is 3. The van der Waals surface area contributed by atoms with Crippen LogP contribution in [0.25, 0.3) is 11.2 Å². The number of hydrogen-bond donors (Lipinski definition) is 4. The Kier molecular flexibility index (Phi) is 5.79. The molecule has 1 aliphatic rings. The number of alkyl halides is 3. The van der Waals surface area contributed by atoms with Crippen molar-refractivity contribution >= 4 is 17.0 Å². The van der Waals surface area contributed by atoms with Crippen molar-refractivity contribution in [2.45, 2.75) is 37.1 Å². The molecule has 3 aromatic rings. The minimum atomic E-state index is -4.40. The average Bonchev–Trinajstić information content (AvgIpc) is 3.29. The van der Waals surface area contributed by atoms with Crippen molar-refractivity contribution in [3.8, 4) is 0 Å². The van der Waals surface area contributed by atoms with Gasteiger partial charge in [0.25, 0.3) is 0 Å². The molecule has 3 heterocycles. The molecular formula is C19H20F3N5O4. The van der Waals surface area contributed by atoms with Crippen LogP contribution in [-0.2, 0) is 17.3 Å². The lowest BCUT2D eigenvalue weighted by molar-refractivity contribution is -0.137. The van der Waals surface area contributed by atoms with Crippen LogP contribution < -0.4 is 5.32 Å². The standard InChI is InChI=1S/C19H20F3N5O4/c20-19(21,22)11-3-1-2-10(6-11)4-5-23-16-13-17(25-8-24-16)27(9-26-13)18-15(30)14(29)12(7-28)31-18/h1-3,6,8-9,12,14-15,18,28-30H,4-5,7H2,(H,23,24,25)/t12-,14-,15-,18?/m1/s1. The van der Waals surface area contributed by atoms with E-state index in [-0.39, 0.29) is 0 Å². The van der Waals surface area contributed by atoms with Crippen molar-refractivity contribution in [2.75, 3.05) is 18.5 Å². The zero-order valence-corrected chi connectivity index (χ0v) is 16.1. The highest BCUT2D eigenvalue weighted by atomic mass is 19.4. The summed E-state index contributed by atoms with van der Waals surface area (Å²) < 4.78 is 45.5. The van der Waals surface area contributed by atoms with Crippen LogP contribution in [-0.4, -0.2) is 66.3 Å². The van der Waals surface area contributed by atoms with Gasteiger partial charge in [0.05, 0.1) is 18.5 Å². The summed E-state index contributed by atoms with van der Waals surface area (Å²) in [5.41, 5.74) is 0.506. The van der Waals surface area contributed by atoms with Crippen LogP contribution in [0.5, 0.6) is 0 Å². The number of imidazole rings is 1. The lowest BCUT2D eigenvalue weighted by atomic mass is 10.1. The Morgan fingerprint density at radius 1 is 1.13 bits per heavy atom. The molecule has 0 aliphatic carbocycles. The number of benzene rings is 1. The first kappa shape index (κ1) is 21.4. The molecule has 4 atom stereocenters. The van der Waals surface area contributed by atoms with Crippen molar-refractivity contribution in [1.82, 2.24) is 19.5 Å². The van der Waals surface area contributed by atoms with E-state index >= 15 is 0 Å². The Hall–Kier alpha value is -2.80. The highest BCUT2D eigenvalue weighted by molar-refractivity contribution is 5.82. The molecule has 1 unspecified atom stereocenters. The number of anilines is 1. The summed E-state index contributed by atoms with van der Waals surface area (Å²) in [4.78, 5) is 12.5. The second-order valence-electron chi connectivity index (χ2n) is 7.15. The number of fused-ring (bicyclic) bond motifs is 1. The van der Waals surface area contributed by atoms with E-state index in [2.05, 4.69) is 20.3 Å². The maximum absolute atomic E-state index is 12.9. The van der Waals surface area contributed by atoms with Crippen molar-refractivity contribution in [3.05, 3.63) is 48.0 Å². The number of rotatable bonds is 6. The molecule has 1 aliphatic heterocycles. The SMILES string of the molecule is OC[C@H]1OC(n2cnc3c(NCCc4cccc(C(F)(F)F)c4)ncnc32)[C@H](O)[C@@H]1O. The Labute approximate surface area is 174 Å². The number of halogens is 3. The molecule has 9 nitrogen and oxygen atoms in total. The molecule has 166 valence electrons. The van der Waals surface area contributed by atoms with Gasteiger partial charge in [-0.25, -0.2) is 15.0 Å². The molecule has 0 spiro atoms. The van der Waals surface area contributed by atoms with Crippen LogP contribution in [0.4, 0.5) is 19.0 Å². The van der Waals surface area contributed by atoms with Crippen molar-refractivity contribution in [2.24, 2.45) is 0 Å². The molecular weight excluding hydrogens is 419 g/mol. The normalized spacial score (nSPS) is 24.1. The summed E-state index contributed by atoms with van der Waals surface area (Å²) >= 11 is 0. The van der Waals surface area contributed by atoms with E-state index in [1.165, 1.54) is 23.3 Å². The minimum absolute atomic E-state index is 0.300. The largest absolute Gasteiger partial charge is 0.416 e. The molecule has 0 saturated carbocycles. The van der Waals surface area contributed by atoms with Crippen LogP contribution in [0.3, 0.4) is 0 Å². The van der Waals surface area contributed by atoms with E-state index in [1.807, 2.05) is 0 Å². The monoisotopic (exact) mass is 439 g/mol. The minimum Gasteiger partial charge on any atom is -0.394 e. The van der Waals surface area contributed by atoms with Crippen LogP contribution in [0.1, 0.15) is 17.4 Å². The highest BCUT2D eigenvalue weighted by Gasteiger charge is 2.44. The molecule has 2 aromatic heterocycles. The van der Waals surface area contributed by atoms with Gasteiger partial charge in [0.2, 0.25) is 0 Å². The van der Waals surface area contributed by atoms with E-state index in [9.17, 15) is 28.5 Å². The van der Waals surface area contributed by atoms with Crippen molar-refractivity contribution < 1.29 is 33.2 Å². The van der Waals surface area contributed by atoms with Gasteiger partial charge in [-0.3, -0.25) is 4.57 Å². The Morgan fingerprint density at radius 2 is 1.94 bits per heavy atom. The number of hydrogen-bond acceptors (Lipinski definition) is 8. The van der Waals surface area contributed by atoms with Crippen molar-refractivity contribution in [3.63, 3.8) is 0 Å². The highest BCUT2D eigenvalue weighted by Crippen LogP contribution is 2.32. The molecule has 4 rings (SSSR count). The quantitative estimate of drug-likeness (QED) is 0.450. The third-order valence-corrected chi connectivity index (χ3v) is 5.11.